The number of aryl methyl sites for hydroxylation is 1. The van der Waals surface area contributed by atoms with Gasteiger partial charge >= 0.3 is 0 Å². The lowest BCUT2D eigenvalue weighted by Crippen LogP contribution is -2.32. The number of carbonyl (C=O) groups is 2. The second-order valence-corrected chi connectivity index (χ2v) is 6.09. The molecule has 3 N–H and O–H groups in total. The van der Waals surface area contributed by atoms with Crippen molar-refractivity contribution in [2.24, 2.45) is 5.92 Å². The van der Waals surface area contributed by atoms with Gasteiger partial charge in [-0.05, 0) is 49.9 Å². The van der Waals surface area contributed by atoms with Gasteiger partial charge in [0.15, 0.2) is 0 Å². The van der Waals surface area contributed by atoms with Gasteiger partial charge in [0.25, 0.3) is 0 Å². The summed E-state index contributed by atoms with van der Waals surface area (Å²) in [7, 11) is 0. The number of amides is 2. The third kappa shape index (κ3) is 2.93. The molecule has 2 fully saturated rings. The van der Waals surface area contributed by atoms with Crippen molar-refractivity contribution in [3.05, 3.63) is 23.8 Å². The minimum Gasteiger partial charge on any atom is -0.326 e. The standard InChI is InChI=1S/C16H21N3O2/c1-9-7-11(3-5-14(9)17-10(2)20)19-16(21)13-8-12-4-6-15(13)18-12/h3,5,7,12-13,15,18H,4,6,8H2,1-2H3,(H,17,20)(H,19,21). The molecule has 3 unspecified atom stereocenters. The second kappa shape index (κ2) is 5.48. The van der Waals surface area contributed by atoms with E-state index in [1.165, 1.54) is 13.3 Å². The molecular formula is C16H21N3O2. The molecule has 5 heteroatoms. The molecule has 0 aromatic heterocycles. The molecule has 112 valence electrons. The van der Waals surface area contributed by atoms with Crippen LogP contribution in [0.25, 0.3) is 0 Å². The Morgan fingerprint density at radius 2 is 2.05 bits per heavy atom. The van der Waals surface area contributed by atoms with E-state index >= 15 is 0 Å². The van der Waals surface area contributed by atoms with Crippen LogP contribution in [0.1, 0.15) is 31.7 Å². The molecule has 21 heavy (non-hydrogen) atoms. The lowest BCUT2D eigenvalue weighted by Gasteiger charge is -2.19. The maximum absolute atomic E-state index is 12.4. The molecule has 2 heterocycles. The zero-order valence-electron chi connectivity index (χ0n) is 12.4. The second-order valence-electron chi connectivity index (χ2n) is 6.09. The Bertz CT molecular complexity index is 585. The lowest BCUT2D eigenvalue weighted by atomic mass is 9.88. The van der Waals surface area contributed by atoms with Gasteiger partial charge in [0.2, 0.25) is 11.8 Å². The topological polar surface area (TPSA) is 70.2 Å². The Labute approximate surface area is 124 Å². The Morgan fingerprint density at radius 3 is 2.62 bits per heavy atom. The van der Waals surface area contributed by atoms with Crippen molar-refractivity contribution >= 4 is 23.2 Å². The molecule has 0 saturated carbocycles. The van der Waals surface area contributed by atoms with Gasteiger partial charge in [-0.15, -0.1) is 0 Å². The Balaban J connectivity index is 1.66. The van der Waals surface area contributed by atoms with Crippen molar-refractivity contribution < 1.29 is 9.59 Å². The highest BCUT2D eigenvalue weighted by atomic mass is 16.2. The van der Waals surface area contributed by atoms with Crippen LogP contribution in [0.2, 0.25) is 0 Å². The molecule has 1 aromatic rings. The fourth-order valence-corrected chi connectivity index (χ4v) is 3.42. The third-order valence-corrected chi connectivity index (χ3v) is 4.44. The lowest BCUT2D eigenvalue weighted by molar-refractivity contribution is -0.120. The summed E-state index contributed by atoms with van der Waals surface area (Å²) in [6.07, 6.45) is 3.24. The molecule has 3 atom stereocenters. The Hall–Kier alpha value is -1.88. The highest BCUT2D eigenvalue weighted by Crippen LogP contribution is 2.34. The van der Waals surface area contributed by atoms with Crippen LogP contribution in [-0.2, 0) is 9.59 Å². The largest absolute Gasteiger partial charge is 0.326 e. The molecule has 2 aliphatic heterocycles. The van der Waals surface area contributed by atoms with Gasteiger partial charge in [0, 0.05) is 30.4 Å². The summed E-state index contributed by atoms with van der Waals surface area (Å²) in [4.78, 5) is 23.4. The first-order chi connectivity index (χ1) is 10.0. The first kappa shape index (κ1) is 14.1. The molecule has 0 radical (unpaired) electrons. The summed E-state index contributed by atoms with van der Waals surface area (Å²) in [6.45, 7) is 3.40. The third-order valence-electron chi connectivity index (χ3n) is 4.44. The van der Waals surface area contributed by atoms with E-state index in [1.54, 1.807) is 0 Å². The van der Waals surface area contributed by atoms with Gasteiger partial charge in [-0.2, -0.15) is 0 Å². The summed E-state index contributed by atoms with van der Waals surface area (Å²) in [5.74, 6) is 0.0865. The van der Waals surface area contributed by atoms with Crippen LogP contribution in [0.4, 0.5) is 11.4 Å². The molecule has 2 aliphatic rings. The fraction of sp³-hybridized carbons (Fsp3) is 0.500. The normalized spacial score (nSPS) is 26.7. The summed E-state index contributed by atoms with van der Waals surface area (Å²) in [5.41, 5.74) is 2.51. The van der Waals surface area contributed by atoms with Crippen molar-refractivity contribution in [2.45, 2.75) is 45.2 Å². The zero-order chi connectivity index (χ0) is 15.0. The quantitative estimate of drug-likeness (QED) is 0.796. The molecule has 2 bridgehead atoms. The highest BCUT2D eigenvalue weighted by molar-refractivity contribution is 5.94. The molecule has 3 rings (SSSR count). The average molecular weight is 287 g/mol. The smallest absolute Gasteiger partial charge is 0.229 e. The van der Waals surface area contributed by atoms with E-state index in [1.807, 2.05) is 25.1 Å². The van der Waals surface area contributed by atoms with Crippen LogP contribution >= 0.6 is 0 Å². The highest BCUT2D eigenvalue weighted by Gasteiger charge is 2.42. The SMILES string of the molecule is CC(=O)Nc1ccc(NC(=O)C2CC3CCC2N3)cc1C. The minimum absolute atomic E-state index is 0.0825. The van der Waals surface area contributed by atoms with E-state index in [2.05, 4.69) is 16.0 Å². The molecule has 0 aliphatic carbocycles. The van der Waals surface area contributed by atoms with Crippen molar-refractivity contribution in [1.29, 1.82) is 0 Å². The predicted octanol–water partition coefficient (Wildman–Crippen LogP) is 2.03. The van der Waals surface area contributed by atoms with Crippen LogP contribution in [-0.4, -0.2) is 23.9 Å². The average Bonchev–Trinajstić information content (AvgIpc) is 3.04. The van der Waals surface area contributed by atoms with Crippen molar-refractivity contribution in [3.63, 3.8) is 0 Å². The summed E-state index contributed by atoms with van der Waals surface area (Å²) in [5, 5.41) is 9.25. The number of fused-ring (bicyclic) bond motifs is 2. The molecule has 2 amide bonds. The van der Waals surface area contributed by atoms with Gasteiger partial charge in [0.05, 0.1) is 5.92 Å². The van der Waals surface area contributed by atoms with Gasteiger partial charge in [-0.1, -0.05) is 0 Å². The Morgan fingerprint density at radius 1 is 1.24 bits per heavy atom. The number of benzene rings is 1. The summed E-state index contributed by atoms with van der Waals surface area (Å²) >= 11 is 0. The zero-order valence-corrected chi connectivity index (χ0v) is 12.4. The summed E-state index contributed by atoms with van der Waals surface area (Å²) < 4.78 is 0. The minimum atomic E-state index is -0.0945. The number of nitrogens with one attached hydrogen (secondary N) is 3. The first-order valence-corrected chi connectivity index (χ1v) is 7.48. The molecule has 5 nitrogen and oxygen atoms in total. The maximum Gasteiger partial charge on any atom is 0.229 e. The van der Waals surface area contributed by atoms with Crippen LogP contribution in [0, 0.1) is 12.8 Å². The van der Waals surface area contributed by atoms with Gasteiger partial charge in [-0.3, -0.25) is 9.59 Å². The van der Waals surface area contributed by atoms with E-state index < -0.39 is 0 Å². The number of anilines is 2. The van der Waals surface area contributed by atoms with E-state index in [9.17, 15) is 9.59 Å². The van der Waals surface area contributed by atoms with Crippen molar-refractivity contribution in [2.75, 3.05) is 10.6 Å². The molecule has 0 spiro atoms. The van der Waals surface area contributed by atoms with Gasteiger partial charge in [0.1, 0.15) is 0 Å². The van der Waals surface area contributed by atoms with Crippen LogP contribution in [0.3, 0.4) is 0 Å². The van der Waals surface area contributed by atoms with Crippen molar-refractivity contribution in [3.8, 4) is 0 Å². The number of hydrogen-bond acceptors (Lipinski definition) is 3. The number of hydrogen-bond donors (Lipinski definition) is 3. The summed E-state index contributed by atoms with van der Waals surface area (Å²) in [6, 6.07) is 6.41. The monoisotopic (exact) mass is 287 g/mol. The van der Waals surface area contributed by atoms with Crippen LogP contribution in [0.15, 0.2) is 18.2 Å². The van der Waals surface area contributed by atoms with E-state index in [4.69, 9.17) is 0 Å². The molecule has 2 saturated heterocycles. The van der Waals surface area contributed by atoms with E-state index in [0.29, 0.717) is 12.1 Å². The van der Waals surface area contributed by atoms with E-state index in [-0.39, 0.29) is 17.7 Å². The predicted molar refractivity (Wildman–Crippen MR) is 82.2 cm³/mol. The number of carbonyl (C=O) groups excluding carboxylic acids is 2. The molecular weight excluding hydrogens is 266 g/mol. The Kier molecular flexibility index (Phi) is 3.68. The van der Waals surface area contributed by atoms with Crippen molar-refractivity contribution in [1.82, 2.24) is 5.32 Å². The first-order valence-electron chi connectivity index (χ1n) is 7.48. The maximum atomic E-state index is 12.4. The van der Waals surface area contributed by atoms with Gasteiger partial charge < -0.3 is 16.0 Å². The molecule has 1 aromatic carbocycles. The van der Waals surface area contributed by atoms with Crippen LogP contribution < -0.4 is 16.0 Å². The van der Waals surface area contributed by atoms with Crippen LogP contribution in [0.5, 0.6) is 0 Å². The fourth-order valence-electron chi connectivity index (χ4n) is 3.42. The number of rotatable bonds is 3. The van der Waals surface area contributed by atoms with E-state index in [0.717, 1.165) is 29.8 Å². The van der Waals surface area contributed by atoms with Gasteiger partial charge in [-0.25, -0.2) is 0 Å².